The van der Waals surface area contributed by atoms with Crippen molar-refractivity contribution in [3.05, 3.63) is 65.9 Å². The van der Waals surface area contributed by atoms with Gasteiger partial charge in [-0.05, 0) is 49.6 Å². The molecule has 0 aliphatic carbocycles. The zero-order valence-corrected chi connectivity index (χ0v) is 18.0. The highest BCUT2D eigenvalue weighted by atomic mass is 32.2. The molecule has 0 saturated carbocycles. The number of nitrogens with one attached hydrogen (secondary N) is 1. The van der Waals surface area contributed by atoms with Crippen molar-refractivity contribution in [1.29, 1.82) is 0 Å². The van der Waals surface area contributed by atoms with E-state index in [4.69, 9.17) is 0 Å². The third-order valence-corrected chi connectivity index (χ3v) is 6.92. The Morgan fingerprint density at radius 3 is 2.45 bits per heavy atom. The number of aromatic nitrogens is 1. The van der Waals surface area contributed by atoms with Crippen LogP contribution in [0.2, 0.25) is 0 Å². The van der Waals surface area contributed by atoms with Gasteiger partial charge >= 0.3 is 0 Å². The standard InChI is InChI=1S/C22H27N3O3S/c1-16(10-11-17-8-6-5-7-9-17)23-22(26)21-15-18-14-19(29(27,28)24(2)3)12-13-20(18)25(21)4/h5-9,12-16H,10-11H2,1-4H3,(H,23,26). The van der Waals surface area contributed by atoms with E-state index >= 15 is 0 Å². The summed E-state index contributed by atoms with van der Waals surface area (Å²) in [5.41, 5.74) is 2.56. The van der Waals surface area contributed by atoms with Crippen LogP contribution in [0.15, 0.2) is 59.5 Å². The molecule has 1 aromatic heterocycles. The number of carbonyl (C=O) groups excluding carboxylic acids is 1. The van der Waals surface area contributed by atoms with Gasteiger partial charge in [0, 0.05) is 38.1 Å². The molecular weight excluding hydrogens is 386 g/mol. The fourth-order valence-electron chi connectivity index (χ4n) is 3.31. The van der Waals surface area contributed by atoms with Crippen LogP contribution in [0, 0.1) is 0 Å². The second-order valence-corrected chi connectivity index (χ2v) is 9.65. The van der Waals surface area contributed by atoms with Crippen molar-refractivity contribution >= 4 is 26.8 Å². The van der Waals surface area contributed by atoms with Crippen LogP contribution in [0.1, 0.15) is 29.4 Å². The van der Waals surface area contributed by atoms with Gasteiger partial charge in [-0.25, -0.2) is 12.7 Å². The monoisotopic (exact) mass is 413 g/mol. The predicted octanol–water partition coefficient (Wildman–Crippen LogP) is 3.18. The van der Waals surface area contributed by atoms with E-state index in [9.17, 15) is 13.2 Å². The van der Waals surface area contributed by atoms with Crippen molar-refractivity contribution in [2.75, 3.05) is 14.1 Å². The molecule has 2 aromatic carbocycles. The summed E-state index contributed by atoms with van der Waals surface area (Å²) in [6, 6.07) is 16.9. The number of hydrogen-bond donors (Lipinski definition) is 1. The molecule has 1 N–H and O–H groups in total. The van der Waals surface area contributed by atoms with E-state index in [1.807, 2.05) is 32.2 Å². The molecule has 0 bridgehead atoms. The normalized spacial score (nSPS) is 13.0. The highest BCUT2D eigenvalue weighted by Crippen LogP contribution is 2.24. The molecule has 6 nitrogen and oxygen atoms in total. The zero-order valence-electron chi connectivity index (χ0n) is 17.2. The first-order valence-electron chi connectivity index (χ1n) is 9.57. The van der Waals surface area contributed by atoms with Gasteiger partial charge < -0.3 is 9.88 Å². The molecule has 3 aromatic rings. The summed E-state index contributed by atoms with van der Waals surface area (Å²) in [7, 11) is 1.29. The van der Waals surface area contributed by atoms with Crippen LogP contribution >= 0.6 is 0 Å². The largest absolute Gasteiger partial charge is 0.348 e. The molecule has 1 unspecified atom stereocenters. The average molecular weight is 414 g/mol. The molecule has 29 heavy (non-hydrogen) atoms. The summed E-state index contributed by atoms with van der Waals surface area (Å²) >= 11 is 0. The molecular formula is C22H27N3O3S. The topological polar surface area (TPSA) is 71.4 Å². The lowest BCUT2D eigenvalue weighted by Crippen LogP contribution is -2.33. The van der Waals surface area contributed by atoms with Crippen LogP contribution < -0.4 is 5.32 Å². The SMILES string of the molecule is CC(CCc1ccccc1)NC(=O)c1cc2cc(S(=O)(=O)N(C)C)ccc2n1C. The molecule has 1 atom stereocenters. The Morgan fingerprint density at radius 2 is 1.79 bits per heavy atom. The lowest BCUT2D eigenvalue weighted by molar-refractivity contribution is 0.0930. The fourth-order valence-corrected chi connectivity index (χ4v) is 4.25. The number of amides is 1. The third kappa shape index (κ3) is 4.52. The molecule has 154 valence electrons. The molecule has 1 amide bonds. The molecule has 0 radical (unpaired) electrons. The average Bonchev–Trinajstić information content (AvgIpc) is 3.03. The minimum absolute atomic E-state index is 0.0189. The van der Waals surface area contributed by atoms with Gasteiger partial charge in [0.15, 0.2) is 0 Å². The fraction of sp³-hybridized carbons (Fsp3) is 0.318. The number of benzene rings is 2. The number of sulfonamides is 1. The minimum atomic E-state index is -3.52. The van der Waals surface area contributed by atoms with E-state index in [1.165, 1.54) is 24.0 Å². The van der Waals surface area contributed by atoms with Crippen molar-refractivity contribution in [1.82, 2.24) is 14.2 Å². The van der Waals surface area contributed by atoms with Crippen LogP contribution in [0.4, 0.5) is 0 Å². The summed E-state index contributed by atoms with van der Waals surface area (Å²) in [5.74, 6) is -0.165. The van der Waals surface area contributed by atoms with Crippen molar-refractivity contribution in [3.8, 4) is 0 Å². The molecule has 7 heteroatoms. The maximum absolute atomic E-state index is 12.8. The highest BCUT2D eigenvalue weighted by Gasteiger charge is 2.20. The molecule has 0 fully saturated rings. The Bertz CT molecular complexity index is 1120. The third-order valence-electron chi connectivity index (χ3n) is 5.11. The lowest BCUT2D eigenvalue weighted by atomic mass is 10.1. The van der Waals surface area contributed by atoms with E-state index in [1.54, 1.807) is 28.8 Å². The van der Waals surface area contributed by atoms with Gasteiger partial charge in [-0.1, -0.05) is 30.3 Å². The van der Waals surface area contributed by atoms with E-state index < -0.39 is 10.0 Å². The number of hydrogen-bond acceptors (Lipinski definition) is 3. The first-order valence-corrected chi connectivity index (χ1v) is 11.0. The Hall–Kier alpha value is -2.64. The van der Waals surface area contributed by atoms with Crippen LogP contribution in [-0.4, -0.2) is 43.3 Å². The predicted molar refractivity (Wildman–Crippen MR) is 115 cm³/mol. The Kier molecular flexibility index (Phi) is 6.10. The van der Waals surface area contributed by atoms with Gasteiger partial charge in [-0.15, -0.1) is 0 Å². The van der Waals surface area contributed by atoms with Gasteiger partial charge in [0.2, 0.25) is 10.0 Å². The second kappa shape index (κ2) is 8.39. The van der Waals surface area contributed by atoms with E-state index in [-0.39, 0.29) is 16.8 Å². The number of rotatable bonds is 7. The number of fused-ring (bicyclic) bond motifs is 1. The highest BCUT2D eigenvalue weighted by molar-refractivity contribution is 7.89. The molecule has 0 aliphatic heterocycles. The molecule has 0 saturated heterocycles. The smallest absolute Gasteiger partial charge is 0.268 e. The number of nitrogens with zero attached hydrogens (tertiary/aromatic N) is 2. The summed E-state index contributed by atoms with van der Waals surface area (Å²) in [5, 5.41) is 3.76. The Morgan fingerprint density at radius 1 is 1.10 bits per heavy atom. The molecule has 1 heterocycles. The van der Waals surface area contributed by atoms with E-state index in [0.29, 0.717) is 5.69 Å². The summed E-state index contributed by atoms with van der Waals surface area (Å²) in [6.45, 7) is 1.99. The van der Waals surface area contributed by atoms with Crippen LogP contribution in [0.25, 0.3) is 10.9 Å². The van der Waals surface area contributed by atoms with Gasteiger partial charge in [0.05, 0.1) is 4.90 Å². The summed E-state index contributed by atoms with van der Waals surface area (Å²) < 4.78 is 27.7. The van der Waals surface area contributed by atoms with E-state index in [2.05, 4.69) is 17.4 Å². The van der Waals surface area contributed by atoms with Crippen LogP contribution in [0.5, 0.6) is 0 Å². The molecule has 3 rings (SSSR count). The van der Waals surface area contributed by atoms with Crippen molar-refractivity contribution in [2.45, 2.75) is 30.7 Å². The minimum Gasteiger partial charge on any atom is -0.348 e. The lowest BCUT2D eigenvalue weighted by Gasteiger charge is -2.14. The van der Waals surface area contributed by atoms with Crippen LogP contribution in [0.3, 0.4) is 0 Å². The summed E-state index contributed by atoms with van der Waals surface area (Å²) in [6.07, 6.45) is 1.73. The van der Waals surface area contributed by atoms with Crippen molar-refractivity contribution < 1.29 is 13.2 Å². The maximum Gasteiger partial charge on any atom is 0.268 e. The quantitative estimate of drug-likeness (QED) is 0.647. The zero-order chi connectivity index (χ0) is 21.2. The molecule has 0 aliphatic rings. The van der Waals surface area contributed by atoms with E-state index in [0.717, 1.165) is 23.7 Å². The Balaban J connectivity index is 1.76. The first-order chi connectivity index (χ1) is 13.7. The van der Waals surface area contributed by atoms with Gasteiger partial charge in [0.25, 0.3) is 5.91 Å². The van der Waals surface area contributed by atoms with Crippen molar-refractivity contribution in [3.63, 3.8) is 0 Å². The van der Waals surface area contributed by atoms with Crippen LogP contribution in [-0.2, 0) is 23.5 Å². The maximum atomic E-state index is 12.8. The second-order valence-electron chi connectivity index (χ2n) is 7.50. The van der Waals surface area contributed by atoms with Gasteiger partial charge in [0.1, 0.15) is 5.69 Å². The van der Waals surface area contributed by atoms with Gasteiger partial charge in [-0.3, -0.25) is 4.79 Å². The summed E-state index contributed by atoms with van der Waals surface area (Å²) in [4.78, 5) is 13.0. The number of carbonyl (C=O) groups is 1. The number of aryl methyl sites for hydroxylation is 2. The van der Waals surface area contributed by atoms with Gasteiger partial charge in [-0.2, -0.15) is 0 Å². The van der Waals surface area contributed by atoms with Crippen molar-refractivity contribution in [2.24, 2.45) is 7.05 Å². The molecule has 0 spiro atoms. The first kappa shape index (κ1) is 21.1. The Labute approximate surface area is 172 Å².